The van der Waals surface area contributed by atoms with Gasteiger partial charge in [-0.15, -0.1) is 0 Å². The maximum atomic E-state index is 13.8. The molecule has 1 amide bonds. The number of carbonyl (C=O) groups excluding carboxylic acids is 1. The average Bonchev–Trinajstić information content (AvgIpc) is 3.17. The van der Waals surface area contributed by atoms with Crippen LogP contribution in [0.25, 0.3) is 0 Å². The van der Waals surface area contributed by atoms with Crippen LogP contribution in [0.4, 0.5) is 5.69 Å². The molecule has 1 spiro atoms. The fraction of sp³-hybridized carbons (Fsp3) is 0.432. The first-order valence-electron chi connectivity index (χ1n) is 16.6. The van der Waals surface area contributed by atoms with Gasteiger partial charge in [-0.25, -0.2) is 13.1 Å². The number of fused-ring (bicyclic) bond motifs is 4. The van der Waals surface area contributed by atoms with E-state index in [0.29, 0.717) is 38.3 Å². The van der Waals surface area contributed by atoms with Crippen LogP contribution in [0.15, 0.2) is 77.3 Å². The number of sulfonamides is 1. The largest absolute Gasteiger partial charge is 0.490 e. The SMILES string of the molecule is O=C1NS(=O)(=O)[C@@H](Cc2ccc(Br)cc2)CC/C=C/[C@H](O)[C@@H]2CC[C@H]2CN2C[C@@]3(CCCc4cc(Cl)ccc43)COc3ccc1cc32. The Morgan fingerprint density at radius 3 is 2.68 bits per heavy atom. The summed E-state index contributed by atoms with van der Waals surface area (Å²) in [6.07, 6.45) is 9.06. The Labute approximate surface area is 290 Å². The second-order valence-electron chi connectivity index (χ2n) is 13.7. The third kappa shape index (κ3) is 6.74. The van der Waals surface area contributed by atoms with Gasteiger partial charge in [-0.05, 0) is 122 Å². The Kier molecular flexibility index (Phi) is 9.19. The number of nitrogens with one attached hydrogen (secondary N) is 1. The van der Waals surface area contributed by atoms with Crippen LogP contribution < -0.4 is 14.4 Å². The minimum absolute atomic E-state index is 0.106. The van der Waals surface area contributed by atoms with Gasteiger partial charge in [0, 0.05) is 33.6 Å². The summed E-state index contributed by atoms with van der Waals surface area (Å²) in [5.74, 6) is 0.397. The summed E-state index contributed by atoms with van der Waals surface area (Å²) in [5.41, 5.74) is 4.14. The number of aliphatic hydroxyl groups excluding tert-OH is 1. The van der Waals surface area contributed by atoms with E-state index in [1.54, 1.807) is 18.2 Å². The molecule has 0 saturated heterocycles. The molecule has 5 atom stereocenters. The van der Waals surface area contributed by atoms with Crippen LogP contribution in [-0.4, -0.2) is 50.5 Å². The zero-order valence-electron chi connectivity index (χ0n) is 26.2. The van der Waals surface area contributed by atoms with Gasteiger partial charge >= 0.3 is 0 Å². The molecule has 2 bridgehead atoms. The number of allylic oxidation sites excluding steroid dienone is 1. The van der Waals surface area contributed by atoms with Crippen molar-refractivity contribution in [2.45, 2.75) is 68.1 Å². The number of aryl methyl sites for hydroxylation is 1. The van der Waals surface area contributed by atoms with E-state index < -0.39 is 27.3 Å². The van der Waals surface area contributed by atoms with Gasteiger partial charge in [-0.1, -0.05) is 57.9 Å². The molecule has 1 saturated carbocycles. The average molecular weight is 740 g/mol. The van der Waals surface area contributed by atoms with Crippen LogP contribution in [-0.2, 0) is 28.3 Å². The third-order valence-corrected chi connectivity index (χ3v) is 13.2. The monoisotopic (exact) mass is 738 g/mol. The number of aliphatic hydroxyl groups is 1. The molecule has 4 aliphatic rings. The van der Waals surface area contributed by atoms with E-state index >= 15 is 0 Å². The van der Waals surface area contributed by atoms with Gasteiger partial charge in [-0.3, -0.25) is 4.79 Å². The molecule has 7 rings (SSSR count). The molecule has 1 fully saturated rings. The summed E-state index contributed by atoms with van der Waals surface area (Å²) >= 11 is 9.85. The summed E-state index contributed by atoms with van der Waals surface area (Å²) in [4.78, 5) is 16.0. The lowest BCUT2D eigenvalue weighted by Gasteiger charge is -2.45. The van der Waals surface area contributed by atoms with E-state index in [1.165, 1.54) is 11.1 Å². The van der Waals surface area contributed by atoms with Crippen molar-refractivity contribution >= 4 is 49.1 Å². The molecule has 2 aliphatic carbocycles. The number of hydrogen-bond acceptors (Lipinski definition) is 6. The maximum Gasteiger partial charge on any atom is 0.264 e. The van der Waals surface area contributed by atoms with Crippen molar-refractivity contribution < 1.29 is 23.1 Å². The van der Waals surface area contributed by atoms with E-state index in [4.69, 9.17) is 16.3 Å². The van der Waals surface area contributed by atoms with Crippen molar-refractivity contribution in [2.24, 2.45) is 11.8 Å². The topological polar surface area (TPSA) is 95.9 Å². The fourth-order valence-corrected chi connectivity index (χ4v) is 9.85. The molecular weight excluding hydrogens is 700 g/mol. The lowest BCUT2D eigenvalue weighted by molar-refractivity contribution is 0.0456. The summed E-state index contributed by atoms with van der Waals surface area (Å²) in [5, 5.41) is 11.2. The predicted octanol–water partition coefficient (Wildman–Crippen LogP) is 6.98. The van der Waals surface area contributed by atoms with Crippen LogP contribution in [0.1, 0.15) is 65.6 Å². The predicted molar refractivity (Wildman–Crippen MR) is 189 cm³/mol. The molecule has 0 radical (unpaired) electrons. The van der Waals surface area contributed by atoms with Crippen LogP contribution in [0.2, 0.25) is 5.02 Å². The van der Waals surface area contributed by atoms with Crippen molar-refractivity contribution in [3.05, 3.63) is 105 Å². The van der Waals surface area contributed by atoms with Crippen molar-refractivity contribution in [2.75, 3.05) is 24.6 Å². The highest BCUT2D eigenvalue weighted by Gasteiger charge is 2.44. The van der Waals surface area contributed by atoms with Crippen molar-refractivity contribution in [3.63, 3.8) is 0 Å². The minimum Gasteiger partial charge on any atom is -0.490 e. The zero-order valence-corrected chi connectivity index (χ0v) is 29.4. The van der Waals surface area contributed by atoms with Gasteiger partial charge < -0.3 is 14.7 Å². The lowest BCUT2D eigenvalue weighted by atomic mass is 9.68. The summed E-state index contributed by atoms with van der Waals surface area (Å²) < 4.78 is 37.4. The molecule has 2 N–H and O–H groups in total. The molecule has 248 valence electrons. The third-order valence-electron chi connectivity index (χ3n) is 10.7. The Hall–Kier alpha value is -2.85. The van der Waals surface area contributed by atoms with Gasteiger partial charge in [0.2, 0.25) is 10.0 Å². The van der Waals surface area contributed by atoms with Crippen LogP contribution in [0.5, 0.6) is 5.75 Å². The second kappa shape index (κ2) is 13.2. The van der Waals surface area contributed by atoms with E-state index in [0.717, 1.165) is 52.9 Å². The normalized spacial score (nSPS) is 29.3. The number of hydrogen-bond donors (Lipinski definition) is 2. The highest BCUT2D eigenvalue weighted by Crippen LogP contribution is 2.46. The van der Waals surface area contributed by atoms with E-state index in [1.807, 2.05) is 42.5 Å². The fourth-order valence-electron chi connectivity index (χ4n) is 7.99. The summed E-state index contributed by atoms with van der Waals surface area (Å²) in [6, 6.07) is 19.0. The number of anilines is 1. The van der Waals surface area contributed by atoms with Gasteiger partial charge in [0.15, 0.2) is 0 Å². The van der Waals surface area contributed by atoms with Crippen molar-refractivity contribution in [1.29, 1.82) is 0 Å². The molecule has 2 heterocycles. The zero-order chi connectivity index (χ0) is 32.8. The number of carbonyl (C=O) groups is 1. The highest BCUT2D eigenvalue weighted by atomic mass is 79.9. The number of benzene rings is 3. The standard InChI is InChI=1S/C37H40BrClN2O5S/c38-28-11-7-24(8-12-28)18-30-5-1-2-6-34(42)31-14-9-27(31)21-41-22-37(17-3-4-25-19-29(39)13-15-32(25)37)23-46-35-16-10-26(20-33(35)41)36(43)40-47(30,44)45/h2,6-8,10-13,15-16,19-20,27,30-31,34,42H,1,3-5,9,14,17-18,21-23H2,(H,40,43)/b6-2+/t27-,30+,31+,34-,37-/m0/s1. The number of halogens is 2. The molecule has 0 unspecified atom stereocenters. The smallest absolute Gasteiger partial charge is 0.264 e. The molecule has 3 aromatic carbocycles. The Bertz CT molecular complexity index is 1800. The molecule has 7 nitrogen and oxygen atoms in total. The first-order chi connectivity index (χ1) is 22.6. The molecule has 47 heavy (non-hydrogen) atoms. The molecule has 3 aromatic rings. The Morgan fingerprint density at radius 1 is 1.06 bits per heavy atom. The van der Waals surface area contributed by atoms with E-state index in [9.17, 15) is 18.3 Å². The molecule has 10 heteroatoms. The van der Waals surface area contributed by atoms with Crippen LogP contribution in [0, 0.1) is 11.8 Å². The van der Waals surface area contributed by atoms with Crippen molar-refractivity contribution in [1.82, 2.24) is 4.72 Å². The minimum atomic E-state index is -4.04. The Balaban J connectivity index is 1.26. The maximum absolute atomic E-state index is 13.8. The number of nitrogens with zero attached hydrogens (tertiary/aromatic N) is 1. The number of ether oxygens (including phenoxy) is 1. The Morgan fingerprint density at radius 2 is 1.89 bits per heavy atom. The van der Waals surface area contributed by atoms with E-state index in [-0.39, 0.29) is 29.2 Å². The van der Waals surface area contributed by atoms with Gasteiger partial charge in [0.05, 0.1) is 23.6 Å². The summed E-state index contributed by atoms with van der Waals surface area (Å²) in [6.45, 7) is 1.87. The van der Waals surface area contributed by atoms with Gasteiger partial charge in [0.25, 0.3) is 5.91 Å². The van der Waals surface area contributed by atoms with Gasteiger partial charge in [-0.2, -0.15) is 0 Å². The first-order valence-corrected chi connectivity index (χ1v) is 19.3. The van der Waals surface area contributed by atoms with E-state index in [2.05, 4.69) is 37.7 Å². The van der Waals surface area contributed by atoms with Gasteiger partial charge in [0.1, 0.15) is 5.75 Å². The van der Waals surface area contributed by atoms with Crippen molar-refractivity contribution in [3.8, 4) is 5.75 Å². The number of rotatable bonds is 2. The number of amides is 1. The molecule has 0 aromatic heterocycles. The first kappa shape index (κ1) is 32.7. The summed E-state index contributed by atoms with van der Waals surface area (Å²) in [7, 11) is -4.04. The molecular formula is C37H40BrClN2O5S. The quantitative estimate of drug-likeness (QED) is 0.276. The van der Waals surface area contributed by atoms with Crippen LogP contribution in [0.3, 0.4) is 0 Å². The highest BCUT2D eigenvalue weighted by molar-refractivity contribution is 9.10. The second-order valence-corrected chi connectivity index (χ2v) is 17.0. The molecule has 2 aliphatic heterocycles. The van der Waals surface area contributed by atoms with Crippen LogP contribution >= 0.6 is 27.5 Å². The lowest BCUT2D eigenvalue weighted by Crippen LogP contribution is -2.49.